The average molecular weight is 388 g/mol. The fourth-order valence-electron chi connectivity index (χ4n) is 2.82. The number of aliphatic imine (C=N–C) groups is 1. The predicted octanol–water partition coefficient (Wildman–Crippen LogP) is 3.14. The summed E-state index contributed by atoms with van der Waals surface area (Å²) in [5.74, 6) is 0.887. The molecule has 2 rings (SSSR count). The van der Waals surface area contributed by atoms with E-state index in [1.54, 1.807) is 18.4 Å². The van der Waals surface area contributed by atoms with Gasteiger partial charge in [0.25, 0.3) is 5.91 Å². The minimum absolute atomic E-state index is 0.0774. The second-order valence-corrected chi connectivity index (χ2v) is 7.35. The molecule has 0 fully saturated rings. The standard InChI is InChI=1S/C20H29N5OS/c1-6-25(7-2)19(26)17-10-8-16(9-11-17)12-22-20(21-4)24(5)13-18-14-27-15(3)23-18/h8-11,14H,6-7,12-13H2,1-5H3,(H,21,22). The molecule has 0 aliphatic heterocycles. The van der Waals surface area contributed by atoms with Gasteiger partial charge >= 0.3 is 0 Å². The molecule has 0 saturated heterocycles. The zero-order chi connectivity index (χ0) is 19.8. The Labute approximate surface area is 165 Å². The lowest BCUT2D eigenvalue weighted by Gasteiger charge is -2.21. The van der Waals surface area contributed by atoms with Crippen molar-refractivity contribution >= 4 is 23.2 Å². The fourth-order valence-corrected chi connectivity index (χ4v) is 3.43. The number of thiazole rings is 1. The van der Waals surface area contributed by atoms with E-state index >= 15 is 0 Å². The molecule has 0 aliphatic carbocycles. The number of carbonyl (C=O) groups excluding carboxylic acids is 1. The third kappa shape index (κ3) is 5.79. The maximum absolute atomic E-state index is 12.4. The first-order valence-electron chi connectivity index (χ1n) is 9.19. The molecule has 0 saturated carbocycles. The van der Waals surface area contributed by atoms with Crippen molar-refractivity contribution in [1.29, 1.82) is 0 Å². The number of nitrogens with zero attached hydrogens (tertiary/aromatic N) is 4. The van der Waals surface area contributed by atoms with Crippen molar-refractivity contribution < 1.29 is 4.79 Å². The van der Waals surface area contributed by atoms with Gasteiger partial charge in [-0.2, -0.15) is 0 Å². The first-order valence-corrected chi connectivity index (χ1v) is 10.1. The van der Waals surface area contributed by atoms with E-state index in [0.29, 0.717) is 13.1 Å². The molecule has 0 radical (unpaired) electrons. The normalized spacial score (nSPS) is 11.4. The molecule has 0 atom stereocenters. The zero-order valence-electron chi connectivity index (χ0n) is 16.8. The summed E-state index contributed by atoms with van der Waals surface area (Å²) in [6.45, 7) is 8.80. The molecule has 0 spiro atoms. The van der Waals surface area contributed by atoms with E-state index in [4.69, 9.17) is 0 Å². The number of amides is 1. The van der Waals surface area contributed by atoms with Gasteiger partial charge in [-0.05, 0) is 38.5 Å². The molecule has 0 unspecified atom stereocenters. The Morgan fingerprint density at radius 2 is 1.89 bits per heavy atom. The lowest BCUT2D eigenvalue weighted by molar-refractivity contribution is 0.0773. The van der Waals surface area contributed by atoms with Gasteiger partial charge < -0.3 is 15.1 Å². The van der Waals surface area contributed by atoms with E-state index < -0.39 is 0 Å². The summed E-state index contributed by atoms with van der Waals surface area (Å²) in [6.07, 6.45) is 0. The number of benzene rings is 1. The van der Waals surface area contributed by atoms with Crippen molar-refractivity contribution in [3.63, 3.8) is 0 Å². The Balaban J connectivity index is 1.93. The first kappa shape index (κ1) is 20.9. The summed E-state index contributed by atoms with van der Waals surface area (Å²) in [4.78, 5) is 25.1. The topological polar surface area (TPSA) is 60.8 Å². The molecule has 0 aliphatic rings. The van der Waals surface area contributed by atoms with E-state index in [1.807, 2.05) is 61.9 Å². The van der Waals surface area contributed by atoms with Crippen molar-refractivity contribution in [3.05, 3.63) is 51.5 Å². The molecular weight excluding hydrogens is 358 g/mol. The second kappa shape index (κ2) is 10.1. The van der Waals surface area contributed by atoms with E-state index in [9.17, 15) is 4.79 Å². The van der Waals surface area contributed by atoms with Crippen LogP contribution in [0.1, 0.15) is 40.5 Å². The molecule has 2 aromatic rings. The second-order valence-electron chi connectivity index (χ2n) is 6.29. The summed E-state index contributed by atoms with van der Waals surface area (Å²) in [7, 11) is 3.77. The number of rotatable bonds is 7. The minimum Gasteiger partial charge on any atom is -0.352 e. The van der Waals surface area contributed by atoms with Crippen molar-refractivity contribution in [3.8, 4) is 0 Å². The molecule has 6 nitrogen and oxygen atoms in total. The molecule has 7 heteroatoms. The van der Waals surface area contributed by atoms with Gasteiger partial charge in [0.2, 0.25) is 0 Å². The van der Waals surface area contributed by atoms with Crippen LogP contribution in [0.2, 0.25) is 0 Å². The number of nitrogens with one attached hydrogen (secondary N) is 1. The Bertz CT molecular complexity index is 765. The third-order valence-electron chi connectivity index (χ3n) is 4.34. The lowest BCUT2D eigenvalue weighted by Crippen LogP contribution is -2.38. The monoisotopic (exact) mass is 387 g/mol. The van der Waals surface area contributed by atoms with Crippen LogP contribution in [0, 0.1) is 6.92 Å². The largest absolute Gasteiger partial charge is 0.352 e. The summed E-state index contributed by atoms with van der Waals surface area (Å²) in [6, 6.07) is 7.76. The number of hydrogen-bond acceptors (Lipinski definition) is 4. The van der Waals surface area contributed by atoms with Crippen molar-refractivity contribution in [2.24, 2.45) is 4.99 Å². The van der Waals surface area contributed by atoms with Crippen LogP contribution in [0.15, 0.2) is 34.6 Å². The average Bonchev–Trinajstić information content (AvgIpc) is 3.08. The fraction of sp³-hybridized carbons (Fsp3) is 0.450. The lowest BCUT2D eigenvalue weighted by atomic mass is 10.1. The van der Waals surface area contributed by atoms with Gasteiger partial charge in [0.1, 0.15) is 0 Å². The van der Waals surface area contributed by atoms with Gasteiger partial charge in [-0.3, -0.25) is 9.79 Å². The molecule has 1 N–H and O–H groups in total. The Morgan fingerprint density at radius 1 is 1.22 bits per heavy atom. The minimum atomic E-state index is 0.0774. The van der Waals surface area contributed by atoms with Crippen LogP contribution in [-0.2, 0) is 13.1 Å². The zero-order valence-corrected chi connectivity index (χ0v) is 17.6. The molecular formula is C20H29N5OS. The van der Waals surface area contributed by atoms with Gasteiger partial charge in [-0.25, -0.2) is 4.98 Å². The van der Waals surface area contributed by atoms with Crippen molar-refractivity contribution in [1.82, 2.24) is 20.1 Å². The van der Waals surface area contributed by atoms with Crippen LogP contribution < -0.4 is 5.32 Å². The van der Waals surface area contributed by atoms with Crippen LogP contribution in [0.5, 0.6) is 0 Å². The van der Waals surface area contributed by atoms with Crippen LogP contribution in [-0.4, -0.2) is 53.8 Å². The quantitative estimate of drug-likeness (QED) is 0.586. The van der Waals surface area contributed by atoms with E-state index in [0.717, 1.165) is 40.9 Å². The molecule has 146 valence electrons. The van der Waals surface area contributed by atoms with E-state index in [2.05, 4.69) is 20.7 Å². The first-order chi connectivity index (χ1) is 13.0. The number of aryl methyl sites for hydroxylation is 1. The van der Waals surface area contributed by atoms with Crippen LogP contribution >= 0.6 is 11.3 Å². The van der Waals surface area contributed by atoms with Gasteiger partial charge in [-0.1, -0.05) is 12.1 Å². The highest BCUT2D eigenvalue weighted by atomic mass is 32.1. The summed E-state index contributed by atoms with van der Waals surface area (Å²) >= 11 is 1.66. The molecule has 1 aromatic heterocycles. The molecule has 1 heterocycles. The Kier molecular flexibility index (Phi) is 7.79. The number of carbonyl (C=O) groups is 1. The van der Waals surface area contributed by atoms with Gasteiger partial charge in [0, 0.05) is 44.7 Å². The van der Waals surface area contributed by atoms with Crippen molar-refractivity contribution in [2.45, 2.75) is 33.9 Å². The van der Waals surface area contributed by atoms with Gasteiger partial charge in [-0.15, -0.1) is 11.3 Å². The van der Waals surface area contributed by atoms with E-state index in [-0.39, 0.29) is 5.91 Å². The predicted molar refractivity (Wildman–Crippen MR) is 112 cm³/mol. The smallest absolute Gasteiger partial charge is 0.253 e. The maximum atomic E-state index is 12.4. The summed E-state index contributed by atoms with van der Waals surface area (Å²) in [5, 5.41) is 6.51. The van der Waals surface area contributed by atoms with Gasteiger partial charge in [0.05, 0.1) is 17.2 Å². The van der Waals surface area contributed by atoms with E-state index in [1.165, 1.54) is 0 Å². The summed E-state index contributed by atoms with van der Waals surface area (Å²) in [5.41, 5.74) is 2.87. The van der Waals surface area contributed by atoms with Crippen LogP contribution in [0.4, 0.5) is 0 Å². The Morgan fingerprint density at radius 3 is 2.41 bits per heavy atom. The van der Waals surface area contributed by atoms with Crippen LogP contribution in [0.3, 0.4) is 0 Å². The highest BCUT2D eigenvalue weighted by molar-refractivity contribution is 7.09. The highest BCUT2D eigenvalue weighted by Gasteiger charge is 2.12. The molecule has 27 heavy (non-hydrogen) atoms. The molecule has 1 aromatic carbocycles. The van der Waals surface area contributed by atoms with Gasteiger partial charge in [0.15, 0.2) is 5.96 Å². The molecule has 1 amide bonds. The third-order valence-corrected chi connectivity index (χ3v) is 5.16. The molecule has 0 bridgehead atoms. The Hall–Kier alpha value is -2.41. The number of guanidine groups is 1. The van der Waals surface area contributed by atoms with Crippen LogP contribution in [0.25, 0.3) is 0 Å². The number of hydrogen-bond donors (Lipinski definition) is 1. The SMILES string of the molecule is CCN(CC)C(=O)c1ccc(CNC(=NC)N(C)Cc2csc(C)n2)cc1. The highest BCUT2D eigenvalue weighted by Crippen LogP contribution is 2.11. The number of aromatic nitrogens is 1. The van der Waals surface area contributed by atoms with Crippen molar-refractivity contribution in [2.75, 3.05) is 27.2 Å². The summed E-state index contributed by atoms with van der Waals surface area (Å²) < 4.78 is 0. The maximum Gasteiger partial charge on any atom is 0.253 e.